The molecule has 2 aromatic carbocycles. The number of ether oxygens (including phenoxy) is 2. The molecule has 0 bridgehead atoms. The van der Waals surface area contributed by atoms with Crippen LogP contribution in [-0.4, -0.2) is 49.6 Å². The molecule has 1 aliphatic rings. The van der Waals surface area contributed by atoms with E-state index in [1.807, 2.05) is 6.07 Å². The van der Waals surface area contributed by atoms with Gasteiger partial charge >= 0.3 is 0 Å². The molecule has 0 saturated carbocycles. The van der Waals surface area contributed by atoms with Crippen molar-refractivity contribution in [3.63, 3.8) is 0 Å². The molecule has 30 heavy (non-hydrogen) atoms. The van der Waals surface area contributed by atoms with Crippen LogP contribution in [0.3, 0.4) is 0 Å². The van der Waals surface area contributed by atoms with E-state index in [1.165, 1.54) is 19.8 Å². The summed E-state index contributed by atoms with van der Waals surface area (Å²) in [7, 11) is 3.05. The van der Waals surface area contributed by atoms with Crippen LogP contribution in [0.15, 0.2) is 36.4 Å². The van der Waals surface area contributed by atoms with Gasteiger partial charge in [-0.25, -0.2) is 0 Å². The van der Waals surface area contributed by atoms with Crippen LogP contribution in [-0.2, 0) is 13.0 Å². The second-order valence-corrected chi connectivity index (χ2v) is 7.24. The highest BCUT2D eigenvalue weighted by Crippen LogP contribution is 2.30. The number of hydrogen-bond donors (Lipinski definition) is 1. The number of methoxy groups -OCH3 is 2. The zero-order valence-electron chi connectivity index (χ0n) is 17.3. The van der Waals surface area contributed by atoms with E-state index in [2.05, 4.69) is 10.2 Å². The zero-order valence-corrected chi connectivity index (χ0v) is 17.3. The van der Waals surface area contributed by atoms with Gasteiger partial charge in [0, 0.05) is 31.8 Å². The number of hydrogen-bond acceptors (Lipinski definition) is 6. The third kappa shape index (κ3) is 5.07. The lowest BCUT2D eigenvalue weighted by atomic mass is 9.99. The predicted molar refractivity (Wildman–Crippen MR) is 113 cm³/mol. The molecule has 0 atom stereocenters. The Bertz CT molecular complexity index is 916. The molecule has 1 amide bonds. The van der Waals surface area contributed by atoms with E-state index in [4.69, 9.17) is 9.47 Å². The van der Waals surface area contributed by atoms with Crippen LogP contribution in [0, 0.1) is 10.1 Å². The normalized spacial score (nSPS) is 13.4. The number of carbonyl (C=O) groups is 1. The highest BCUT2D eigenvalue weighted by molar-refractivity contribution is 5.97. The maximum atomic E-state index is 12.5. The highest BCUT2D eigenvalue weighted by Gasteiger charge is 2.19. The molecule has 2 aromatic rings. The summed E-state index contributed by atoms with van der Waals surface area (Å²) in [6, 6.07) is 10.3. The van der Waals surface area contributed by atoms with E-state index in [0.29, 0.717) is 23.6 Å². The smallest absolute Gasteiger partial charge is 0.269 e. The summed E-state index contributed by atoms with van der Waals surface area (Å²) >= 11 is 0. The van der Waals surface area contributed by atoms with Gasteiger partial charge in [0.05, 0.1) is 24.7 Å². The number of non-ortho nitro benzene ring substituents is 1. The predicted octanol–water partition coefficient (Wildman–Crippen LogP) is 3.18. The van der Waals surface area contributed by atoms with Crippen molar-refractivity contribution in [2.75, 3.05) is 33.9 Å². The van der Waals surface area contributed by atoms with Gasteiger partial charge in [0.15, 0.2) is 11.5 Å². The quantitative estimate of drug-likeness (QED) is 0.386. The van der Waals surface area contributed by atoms with E-state index in [0.717, 1.165) is 44.5 Å². The average molecular weight is 413 g/mol. The van der Waals surface area contributed by atoms with Crippen molar-refractivity contribution in [2.24, 2.45) is 0 Å². The van der Waals surface area contributed by atoms with Gasteiger partial charge in [0.1, 0.15) is 0 Å². The van der Waals surface area contributed by atoms with Crippen molar-refractivity contribution in [3.8, 4) is 11.5 Å². The van der Waals surface area contributed by atoms with Crippen LogP contribution in [0.25, 0.3) is 0 Å². The Labute approximate surface area is 175 Å². The first-order valence-corrected chi connectivity index (χ1v) is 10.0. The largest absolute Gasteiger partial charge is 0.493 e. The summed E-state index contributed by atoms with van der Waals surface area (Å²) < 4.78 is 10.5. The van der Waals surface area contributed by atoms with Crippen LogP contribution in [0.4, 0.5) is 5.69 Å². The molecule has 0 spiro atoms. The number of fused-ring (bicyclic) bond motifs is 1. The summed E-state index contributed by atoms with van der Waals surface area (Å²) in [5.74, 6) is 0.763. The lowest BCUT2D eigenvalue weighted by Gasteiger charge is -2.28. The van der Waals surface area contributed by atoms with Gasteiger partial charge in [-0.15, -0.1) is 0 Å². The third-order valence-electron chi connectivity index (χ3n) is 5.33. The van der Waals surface area contributed by atoms with Crippen molar-refractivity contribution >= 4 is 11.6 Å². The Morgan fingerprint density at radius 3 is 2.73 bits per heavy atom. The first-order valence-electron chi connectivity index (χ1n) is 10.0. The second kappa shape index (κ2) is 10.1. The third-order valence-corrected chi connectivity index (χ3v) is 5.33. The Morgan fingerprint density at radius 2 is 2.00 bits per heavy atom. The van der Waals surface area contributed by atoms with E-state index in [-0.39, 0.29) is 16.5 Å². The Morgan fingerprint density at radius 1 is 1.17 bits per heavy atom. The van der Waals surface area contributed by atoms with Crippen molar-refractivity contribution < 1.29 is 19.2 Å². The molecule has 1 N–H and O–H groups in total. The SMILES string of the molecule is COc1cccc(C(=O)NCCCCN2CCc3ccc([N+](=O)[O-])cc3C2)c1OC. The molecule has 160 valence electrons. The number of amides is 1. The maximum Gasteiger partial charge on any atom is 0.269 e. The summed E-state index contributed by atoms with van der Waals surface area (Å²) in [4.78, 5) is 25.4. The molecule has 8 nitrogen and oxygen atoms in total. The summed E-state index contributed by atoms with van der Waals surface area (Å²) in [6.07, 6.45) is 2.68. The molecule has 1 aliphatic heterocycles. The van der Waals surface area contributed by atoms with Gasteiger partial charge in [0.2, 0.25) is 0 Å². The minimum absolute atomic E-state index is 0.145. The number of benzene rings is 2. The molecule has 8 heteroatoms. The summed E-state index contributed by atoms with van der Waals surface area (Å²) in [5.41, 5.74) is 2.82. The fourth-order valence-electron chi connectivity index (χ4n) is 3.73. The summed E-state index contributed by atoms with van der Waals surface area (Å²) in [5, 5.41) is 13.9. The molecular formula is C22H27N3O5. The van der Waals surface area contributed by atoms with Gasteiger partial charge < -0.3 is 14.8 Å². The first kappa shape index (κ1) is 21.6. The lowest BCUT2D eigenvalue weighted by Crippen LogP contribution is -2.32. The van der Waals surface area contributed by atoms with Gasteiger partial charge in [-0.2, -0.15) is 0 Å². The van der Waals surface area contributed by atoms with Crippen LogP contribution in [0.2, 0.25) is 0 Å². The average Bonchev–Trinajstić information content (AvgIpc) is 2.77. The molecule has 0 aliphatic carbocycles. The van der Waals surface area contributed by atoms with Crippen LogP contribution >= 0.6 is 0 Å². The number of nitro benzene ring substituents is 1. The molecule has 0 radical (unpaired) electrons. The molecule has 0 saturated heterocycles. The van der Waals surface area contributed by atoms with Crippen LogP contribution in [0.5, 0.6) is 11.5 Å². The standard InChI is InChI=1S/C22H27N3O5/c1-29-20-7-5-6-19(21(20)30-2)22(26)23-11-3-4-12-24-13-10-16-8-9-18(25(27)28)14-17(16)15-24/h5-9,14H,3-4,10-13,15H2,1-2H3,(H,23,26). The fraction of sp³-hybridized carbons (Fsp3) is 0.409. The Kier molecular flexibility index (Phi) is 7.24. The Hall–Kier alpha value is -3.13. The highest BCUT2D eigenvalue weighted by atomic mass is 16.6. The number of nitrogens with zero attached hydrogens (tertiary/aromatic N) is 2. The van der Waals surface area contributed by atoms with Gasteiger partial charge in [-0.05, 0) is 49.1 Å². The second-order valence-electron chi connectivity index (χ2n) is 7.24. The van der Waals surface area contributed by atoms with Gasteiger partial charge in [0.25, 0.3) is 11.6 Å². The van der Waals surface area contributed by atoms with Crippen LogP contribution in [0.1, 0.15) is 34.3 Å². The minimum atomic E-state index is -0.348. The molecule has 0 fully saturated rings. The van der Waals surface area contributed by atoms with Gasteiger partial charge in [-0.3, -0.25) is 19.8 Å². The molecule has 3 rings (SSSR count). The fourth-order valence-corrected chi connectivity index (χ4v) is 3.73. The van der Waals surface area contributed by atoms with Crippen molar-refractivity contribution in [3.05, 3.63) is 63.2 Å². The van der Waals surface area contributed by atoms with E-state index in [1.54, 1.807) is 30.3 Å². The maximum absolute atomic E-state index is 12.5. The topological polar surface area (TPSA) is 93.9 Å². The minimum Gasteiger partial charge on any atom is -0.493 e. The number of unbranched alkanes of at least 4 members (excludes halogenated alkanes) is 1. The van der Waals surface area contributed by atoms with Crippen molar-refractivity contribution in [1.29, 1.82) is 0 Å². The molecule has 1 heterocycles. The van der Waals surface area contributed by atoms with Crippen molar-refractivity contribution in [1.82, 2.24) is 10.2 Å². The van der Waals surface area contributed by atoms with Crippen LogP contribution < -0.4 is 14.8 Å². The zero-order chi connectivity index (χ0) is 21.5. The number of carbonyl (C=O) groups excluding carboxylic acids is 1. The first-order chi connectivity index (χ1) is 14.5. The Balaban J connectivity index is 1.44. The monoisotopic (exact) mass is 413 g/mol. The number of nitro groups is 1. The summed E-state index contributed by atoms with van der Waals surface area (Å²) in [6.45, 7) is 3.12. The number of nitrogens with one attached hydrogen (secondary N) is 1. The van der Waals surface area contributed by atoms with E-state index >= 15 is 0 Å². The molecular weight excluding hydrogens is 386 g/mol. The lowest BCUT2D eigenvalue weighted by molar-refractivity contribution is -0.385. The number of rotatable bonds is 9. The van der Waals surface area contributed by atoms with E-state index in [9.17, 15) is 14.9 Å². The van der Waals surface area contributed by atoms with E-state index < -0.39 is 0 Å². The van der Waals surface area contributed by atoms with Crippen molar-refractivity contribution in [2.45, 2.75) is 25.8 Å². The van der Waals surface area contributed by atoms with Gasteiger partial charge in [-0.1, -0.05) is 12.1 Å². The molecule has 0 aromatic heterocycles. The number of para-hydroxylation sites is 1. The molecule has 0 unspecified atom stereocenters.